The van der Waals surface area contributed by atoms with Gasteiger partial charge in [0.25, 0.3) is 0 Å². The van der Waals surface area contributed by atoms with Gasteiger partial charge in [-0.2, -0.15) is 4.52 Å². The maximum atomic E-state index is 14.0. The Bertz CT molecular complexity index is 879. The van der Waals surface area contributed by atoms with Crippen LogP contribution in [0.5, 0.6) is 0 Å². The van der Waals surface area contributed by atoms with Gasteiger partial charge in [-0.05, 0) is 37.1 Å². The van der Waals surface area contributed by atoms with Crippen LogP contribution in [0.2, 0.25) is 0 Å². The lowest BCUT2D eigenvalue weighted by atomic mass is 10.2. The standard InChI is InChI=1S/C18H20FN5O2/c19-15-6-2-1-5-14(15)18-22-21-17-8-7-16(23-24(17)18)20-9-11-25-12-13-4-3-10-26-13/h1-2,5-8,13H,3-4,9-12H2,(H,20,23). The monoisotopic (exact) mass is 357 g/mol. The number of hydrogen-bond donors (Lipinski definition) is 1. The Morgan fingerprint density at radius 3 is 3.00 bits per heavy atom. The average molecular weight is 357 g/mol. The molecule has 1 saturated heterocycles. The number of rotatable bonds is 7. The molecule has 2 aromatic heterocycles. The summed E-state index contributed by atoms with van der Waals surface area (Å²) in [5.74, 6) is 0.663. The highest BCUT2D eigenvalue weighted by atomic mass is 19.1. The van der Waals surface area contributed by atoms with E-state index in [4.69, 9.17) is 9.47 Å². The number of nitrogens with one attached hydrogen (secondary N) is 1. The van der Waals surface area contributed by atoms with Crippen molar-refractivity contribution >= 4 is 11.5 Å². The van der Waals surface area contributed by atoms with Crippen molar-refractivity contribution in [1.29, 1.82) is 0 Å². The molecular weight excluding hydrogens is 337 g/mol. The number of fused-ring (bicyclic) bond motifs is 1. The number of nitrogens with zero attached hydrogens (tertiary/aromatic N) is 4. The summed E-state index contributed by atoms with van der Waals surface area (Å²) in [5, 5.41) is 15.8. The van der Waals surface area contributed by atoms with Crippen LogP contribution in [0.15, 0.2) is 36.4 Å². The molecule has 3 heterocycles. The summed E-state index contributed by atoms with van der Waals surface area (Å²) in [7, 11) is 0. The summed E-state index contributed by atoms with van der Waals surface area (Å²) in [6.07, 6.45) is 2.40. The Hall–Kier alpha value is -2.58. The summed E-state index contributed by atoms with van der Waals surface area (Å²) in [6.45, 7) is 2.63. The Balaban J connectivity index is 1.40. The zero-order valence-electron chi connectivity index (χ0n) is 14.3. The highest BCUT2D eigenvalue weighted by molar-refractivity contribution is 5.60. The number of hydrogen-bond acceptors (Lipinski definition) is 6. The number of halogens is 1. The van der Waals surface area contributed by atoms with Crippen LogP contribution < -0.4 is 5.32 Å². The molecule has 1 fully saturated rings. The first-order valence-corrected chi connectivity index (χ1v) is 8.72. The van der Waals surface area contributed by atoms with E-state index >= 15 is 0 Å². The van der Waals surface area contributed by atoms with Crippen molar-refractivity contribution in [3.8, 4) is 11.4 Å². The quantitative estimate of drug-likeness (QED) is 0.655. The first-order valence-electron chi connectivity index (χ1n) is 8.72. The molecule has 0 radical (unpaired) electrons. The summed E-state index contributed by atoms with van der Waals surface area (Å²) in [4.78, 5) is 0. The molecule has 26 heavy (non-hydrogen) atoms. The fourth-order valence-electron chi connectivity index (χ4n) is 2.94. The second-order valence-electron chi connectivity index (χ2n) is 6.13. The fraction of sp³-hybridized carbons (Fsp3) is 0.389. The van der Waals surface area contributed by atoms with Crippen molar-refractivity contribution in [2.75, 3.05) is 31.7 Å². The Kier molecular flexibility index (Phi) is 5.03. The third-order valence-electron chi connectivity index (χ3n) is 4.26. The van der Waals surface area contributed by atoms with Gasteiger partial charge in [0.15, 0.2) is 11.5 Å². The highest BCUT2D eigenvalue weighted by Crippen LogP contribution is 2.21. The maximum Gasteiger partial charge on any atom is 0.188 e. The van der Waals surface area contributed by atoms with Gasteiger partial charge in [-0.3, -0.25) is 0 Å². The van der Waals surface area contributed by atoms with Gasteiger partial charge in [-0.1, -0.05) is 12.1 Å². The number of ether oxygens (including phenoxy) is 2. The van der Waals surface area contributed by atoms with Gasteiger partial charge < -0.3 is 14.8 Å². The smallest absolute Gasteiger partial charge is 0.188 e. The third-order valence-corrected chi connectivity index (χ3v) is 4.26. The zero-order valence-corrected chi connectivity index (χ0v) is 14.3. The van der Waals surface area contributed by atoms with Crippen LogP contribution in [0.25, 0.3) is 17.0 Å². The van der Waals surface area contributed by atoms with Crippen LogP contribution >= 0.6 is 0 Å². The van der Waals surface area contributed by atoms with E-state index in [9.17, 15) is 4.39 Å². The van der Waals surface area contributed by atoms with Crippen molar-refractivity contribution < 1.29 is 13.9 Å². The van der Waals surface area contributed by atoms with E-state index in [2.05, 4.69) is 20.6 Å². The Morgan fingerprint density at radius 2 is 2.15 bits per heavy atom. The molecule has 0 spiro atoms. The predicted molar refractivity (Wildman–Crippen MR) is 94.5 cm³/mol. The molecule has 3 aromatic rings. The van der Waals surface area contributed by atoms with Gasteiger partial charge in [0.1, 0.15) is 11.6 Å². The van der Waals surface area contributed by atoms with Crippen LogP contribution in [0.4, 0.5) is 10.2 Å². The summed E-state index contributed by atoms with van der Waals surface area (Å²) in [5.41, 5.74) is 0.924. The number of aromatic nitrogens is 4. The van der Waals surface area contributed by atoms with Gasteiger partial charge in [-0.25, -0.2) is 4.39 Å². The molecule has 7 nitrogen and oxygen atoms in total. The minimum absolute atomic E-state index is 0.227. The van der Waals surface area contributed by atoms with E-state index in [1.54, 1.807) is 24.3 Å². The van der Waals surface area contributed by atoms with E-state index < -0.39 is 0 Å². The largest absolute Gasteiger partial charge is 0.377 e. The normalized spacial score (nSPS) is 17.0. The summed E-state index contributed by atoms with van der Waals surface area (Å²) < 4.78 is 26.7. The van der Waals surface area contributed by atoms with Crippen molar-refractivity contribution in [2.24, 2.45) is 0 Å². The molecule has 0 saturated carbocycles. The lowest BCUT2D eigenvalue weighted by molar-refractivity contribution is 0.0206. The first kappa shape index (κ1) is 16.9. The second-order valence-corrected chi connectivity index (χ2v) is 6.13. The van der Waals surface area contributed by atoms with Crippen molar-refractivity contribution in [1.82, 2.24) is 19.8 Å². The van der Waals surface area contributed by atoms with E-state index in [1.807, 2.05) is 6.07 Å². The molecule has 136 valence electrons. The molecular formula is C18H20FN5O2. The zero-order chi connectivity index (χ0) is 17.8. The van der Waals surface area contributed by atoms with Crippen LogP contribution in [-0.4, -0.2) is 52.3 Å². The lowest BCUT2D eigenvalue weighted by Gasteiger charge is -2.11. The topological polar surface area (TPSA) is 73.6 Å². The third kappa shape index (κ3) is 3.66. The van der Waals surface area contributed by atoms with Gasteiger partial charge in [0.05, 0.1) is 24.9 Å². The Labute approximate surface area is 150 Å². The molecule has 1 unspecified atom stereocenters. The van der Waals surface area contributed by atoms with Crippen LogP contribution in [0.3, 0.4) is 0 Å². The molecule has 0 bridgehead atoms. The van der Waals surface area contributed by atoms with Gasteiger partial charge in [-0.15, -0.1) is 15.3 Å². The first-order chi connectivity index (χ1) is 12.8. The van der Waals surface area contributed by atoms with E-state index in [0.717, 1.165) is 19.4 Å². The van der Waals surface area contributed by atoms with E-state index in [0.29, 0.717) is 42.6 Å². The van der Waals surface area contributed by atoms with Crippen LogP contribution in [-0.2, 0) is 9.47 Å². The molecule has 1 aliphatic rings. The second kappa shape index (κ2) is 7.76. The fourth-order valence-corrected chi connectivity index (χ4v) is 2.94. The SMILES string of the molecule is Fc1ccccc1-c1nnc2ccc(NCCOCC3CCCO3)nn12. The highest BCUT2D eigenvalue weighted by Gasteiger charge is 2.15. The molecule has 1 N–H and O–H groups in total. The van der Waals surface area contributed by atoms with Gasteiger partial charge in [0.2, 0.25) is 0 Å². The number of benzene rings is 1. The van der Waals surface area contributed by atoms with Crippen molar-refractivity contribution in [2.45, 2.75) is 18.9 Å². The maximum absolute atomic E-state index is 14.0. The van der Waals surface area contributed by atoms with Crippen molar-refractivity contribution in [3.05, 3.63) is 42.2 Å². The molecule has 0 aliphatic carbocycles. The molecule has 1 aliphatic heterocycles. The molecule has 0 amide bonds. The molecule has 1 atom stereocenters. The molecule has 8 heteroatoms. The van der Waals surface area contributed by atoms with E-state index in [-0.39, 0.29) is 11.9 Å². The van der Waals surface area contributed by atoms with Crippen LogP contribution in [0, 0.1) is 5.82 Å². The molecule has 4 rings (SSSR count). The number of anilines is 1. The summed E-state index contributed by atoms with van der Waals surface area (Å²) >= 11 is 0. The minimum atomic E-state index is -0.357. The molecule has 1 aromatic carbocycles. The summed E-state index contributed by atoms with van der Waals surface area (Å²) in [6, 6.07) is 10.1. The Morgan fingerprint density at radius 1 is 1.23 bits per heavy atom. The average Bonchev–Trinajstić information content (AvgIpc) is 3.31. The van der Waals surface area contributed by atoms with E-state index in [1.165, 1.54) is 10.6 Å². The lowest BCUT2D eigenvalue weighted by Crippen LogP contribution is -2.18. The minimum Gasteiger partial charge on any atom is -0.377 e. The van der Waals surface area contributed by atoms with Crippen molar-refractivity contribution in [3.63, 3.8) is 0 Å². The van der Waals surface area contributed by atoms with Crippen LogP contribution in [0.1, 0.15) is 12.8 Å². The van der Waals surface area contributed by atoms with Gasteiger partial charge >= 0.3 is 0 Å². The predicted octanol–water partition coefficient (Wildman–Crippen LogP) is 2.54. The van der Waals surface area contributed by atoms with Gasteiger partial charge in [0, 0.05) is 13.2 Å².